The van der Waals surface area contributed by atoms with Gasteiger partial charge in [0.2, 0.25) is 0 Å². The molecule has 0 aliphatic rings. The number of rotatable bonds is 3. The largest absolute Gasteiger partial charge is 0.456 e. The van der Waals surface area contributed by atoms with Crippen molar-refractivity contribution in [3.05, 3.63) is 157 Å². The molecule has 0 amide bonds. The maximum absolute atomic E-state index is 9.52. The van der Waals surface area contributed by atoms with E-state index in [-0.39, 0.29) is 5.39 Å². The smallest absolute Gasteiger partial charge is 0.136 e. The number of para-hydroxylation sites is 1. The van der Waals surface area contributed by atoms with Gasteiger partial charge in [0, 0.05) is 10.8 Å². The van der Waals surface area contributed by atoms with Gasteiger partial charge >= 0.3 is 0 Å². The summed E-state index contributed by atoms with van der Waals surface area (Å²) < 4.78 is 228. The van der Waals surface area contributed by atoms with Gasteiger partial charge in [-0.05, 0) is 89.9 Å². The molecule has 0 atom stereocenters. The molecule has 1 nitrogen and oxygen atoms in total. The van der Waals surface area contributed by atoms with Crippen molar-refractivity contribution in [2.75, 3.05) is 0 Å². The molecule has 0 N–H and O–H groups in total. The fourth-order valence-corrected chi connectivity index (χ4v) is 5.23. The monoisotopic (exact) mass is 571 g/mol. The Morgan fingerprint density at radius 2 is 0.907 bits per heavy atom. The molecule has 0 aliphatic carbocycles. The summed E-state index contributed by atoms with van der Waals surface area (Å²) >= 11 is 0. The van der Waals surface area contributed by atoms with Crippen LogP contribution in [0.1, 0.15) is 34.3 Å². The van der Waals surface area contributed by atoms with Gasteiger partial charge < -0.3 is 4.42 Å². The van der Waals surface area contributed by atoms with E-state index in [1.54, 1.807) is 0 Å². The molecule has 1 heterocycles. The molecule has 0 radical (unpaired) electrons. The first-order valence-electron chi connectivity index (χ1n) is 25.2. The average Bonchev–Trinajstić information content (AvgIpc) is 3.73. The summed E-state index contributed by atoms with van der Waals surface area (Å²) in [6.45, 7) is 0. The molecule has 1 heteroatoms. The summed E-state index contributed by atoms with van der Waals surface area (Å²) in [7, 11) is 0. The van der Waals surface area contributed by atoms with Gasteiger partial charge in [0.15, 0.2) is 0 Å². The lowest BCUT2D eigenvalue weighted by atomic mass is 9.85. The molecule has 0 saturated heterocycles. The Bertz CT molecular complexity index is 3820. The molecular formula is C42H26O. The minimum Gasteiger partial charge on any atom is -0.456 e. The lowest BCUT2D eigenvalue weighted by Gasteiger charge is -2.18. The zero-order valence-corrected chi connectivity index (χ0v) is 21.5. The summed E-state index contributed by atoms with van der Waals surface area (Å²) in [6, 6.07) is -20.1. The predicted molar refractivity (Wildman–Crippen MR) is 183 cm³/mol. The summed E-state index contributed by atoms with van der Waals surface area (Å²) in [5.74, 6) is 0. The van der Waals surface area contributed by atoms with Crippen molar-refractivity contribution in [3.8, 4) is 33.4 Å². The van der Waals surface area contributed by atoms with E-state index >= 15 is 0 Å². The highest BCUT2D eigenvalue weighted by Gasteiger charge is 2.18. The van der Waals surface area contributed by atoms with Crippen LogP contribution in [0.15, 0.2) is 162 Å². The molecule has 0 saturated carbocycles. The van der Waals surface area contributed by atoms with E-state index in [9.17, 15) is 11.0 Å². The highest BCUT2D eigenvalue weighted by atomic mass is 16.3. The number of benzene rings is 8. The minimum absolute atomic E-state index is 0.352. The summed E-state index contributed by atoms with van der Waals surface area (Å²) in [6.07, 6.45) is 0. The quantitative estimate of drug-likeness (QED) is 0.192. The van der Waals surface area contributed by atoms with Gasteiger partial charge in [0.25, 0.3) is 0 Å². The minimum atomic E-state index is -0.954. The third-order valence-corrected chi connectivity index (χ3v) is 7.04. The van der Waals surface area contributed by atoms with Crippen molar-refractivity contribution in [1.29, 1.82) is 0 Å². The van der Waals surface area contributed by atoms with Crippen molar-refractivity contribution in [2.45, 2.75) is 0 Å². The lowest BCUT2D eigenvalue weighted by molar-refractivity contribution is 0.669. The Kier molecular flexibility index (Phi) is 2.19. The topological polar surface area (TPSA) is 13.1 Å². The van der Waals surface area contributed by atoms with Gasteiger partial charge in [-0.25, -0.2) is 0 Å². The van der Waals surface area contributed by atoms with Gasteiger partial charge in [-0.3, -0.25) is 0 Å². The number of hydrogen-bond donors (Lipinski definition) is 0. The average molecular weight is 572 g/mol. The van der Waals surface area contributed by atoms with Crippen molar-refractivity contribution in [3.63, 3.8) is 0 Å². The zero-order chi connectivity index (χ0) is 50.1. The van der Waals surface area contributed by atoms with Crippen molar-refractivity contribution in [2.24, 2.45) is 0 Å². The zero-order valence-electron chi connectivity index (χ0n) is 46.5. The summed E-state index contributed by atoms with van der Waals surface area (Å²) in [5, 5.41) is -4.33. The molecule has 0 aliphatic heterocycles. The first-order valence-corrected chi connectivity index (χ1v) is 12.7. The molecule has 0 spiro atoms. The maximum Gasteiger partial charge on any atom is 0.136 e. The molecule has 200 valence electrons. The van der Waals surface area contributed by atoms with E-state index in [1.165, 1.54) is 0 Å². The third kappa shape index (κ3) is 3.72. The van der Waals surface area contributed by atoms with Gasteiger partial charge in [0.05, 0.1) is 34.3 Å². The second kappa shape index (κ2) is 9.44. The Morgan fingerprint density at radius 3 is 1.65 bits per heavy atom. The normalized spacial score (nSPS) is 19.9. The van der Waals surface area contributed by atoms with Crippen molar-refractivity contribution >= 4 is 54.3 Å². The molecule has 0 unspecified atom stereocenters. The number of hydrogen-bond acceptors (Lipinski definition) is 1. The van der Waals surface area contributed by atoms with E-state index in [1.807, 2.05) is 0 Å². The Hall–Kier alpha value is -5.66. The number of furan rings is 1. The van der Waals surface area contributed by atoms with Gasteiger partial charge in [-0.1, -0.05) is 133 Å². The number of fused-ring (bicyclic) bond motifs is 6. The standard InChI is InChI=1S/C42H26O/c1-2-15-31-27(11-1)12-10-21-32(31)28-13-9-14-29(25-28)41-35-17-3-5-19-37(35)42(38-20-6-4-18-36(38)41)30-23-24-34-33-16-7-8-22-39(33)43-40(34)26-30/h1-26H/i1D,2D,3D,4D,5D,6D,7D,8D,9D,10D,11D,12D,13D,14D,15D,16D,17D,18D,19D,20D,21D,22D,23D,24D,26D. The third-order valence-electron chi connectivity index (χ3n) is 7.04. The summed E-state index contributed by atoms with van der Waals surface area (Å²) in [5.41, 5.74) is -4.68. The highest BCUT2D eigenvalue weighted by molar-refractivity contribution is 6.22. The SMILES string of the molecule is [2H]c1c(-c2c([2H])c([2H])c([2H])c3c([2H])c([2H])c([2H])c([2H])c23)cc(-c2c3c([2H])c([2H])c([2H])c([2H])c3c(-c3c([2H])c([2H])c4c(oc5c([2H])c([2H])c([2H])c([2H])c54)c3[2H])c3c([2H])c([2H])c([2H])c([2H])c23)c([2H])c1[2H]. The molecular weight excluding hydrogens is 520 g/mol. The molecule has 0 fully saturated rings. The molecule has 9 rings (SSSR count). The Morgan fingerprint density at radius 1 is 0.372 bits per heavy atom. The van der Waals surface area contributed by atoms with Crippen LogP contribution in [-0.4, -0.2) is 0 Å². The Labute approximate surface area is 284 Å². The molecule has 9 aromatic rings. The maximum atomic E-state index is 9.52. The molecule has 0 bridgehead atoms. The van der Waals surface area contributed by atoms with Crippen LogP contribution in [0.5, 0.6) is 0 Å². The molecule has 8 aromatic carbocycles. The predicted octanol–water partition coefficient (Wildman–Crippen LogP) is 12.0. The second-order valence-electron chi connectivity index (χ2n) is 9.36. The van der Waals surface area contributed by atoms with E-state index in [2.05, 4.69) is 0 Å². The van der Waals surface area contributed by atoms with E-state index in [4.69, 9.17) is 27.7 Å². The first kappa shape index (κ1) is 9.97. The molecule has 43 heavy (non-hydrogen) atoms. The Balaban J connectivity index is 1.57. The van der Waals surface area contributed by atoms with Crippen LogP contribution >= 0.6 is 0 Å². The first-order chi connectivity index (χ1) is 31.7. The van der Waals surface area contributed by atoms with Crippen LogP contribution in [0.3, 0.4) is 0 Å². The van der Waals surface area contributed by atoms with Gasteiger partial charge in [-0.2, -0.15) is 0 Å². The van der Waals surface area contributed by atoms with Crippen LogP contribution in [0.4, 0.5) is 0 Å². The second-order valence-corrected chi connectivity index (χ2v) is 9.36. The van der Waals surface area contributed by atoms with E-state index < -0.39 is 233 Å². The van der Waals surface area contributed by atoms with Crippen molar-refractivity contribution in [1.82, 2.24) is 0 Å². The van der Waals surface area contributed by atoms with E-state index in [0.717, 1.165) is 6.07 Å². The van der Waals surface area contributed by atoms with Crippen LogP contribution in [-0.2, 0) is 0 Å². The van der Waals surface area contributed by atoms with Crippen LogP contribution in [0.2, 0.25) is 0 Å². The van der Waals surface area contributed by atoms with Gasteiger partial charge in [0.1, 0.15) is 11.2 Å². The molecule has 1 aromatic heterocycles. The van der Waals surface area contributed by atoms with Crippen LogP contribution in [0.25, 0.3) is 87.6 Å². The highest BCUT2D eigenvalue weighted by Crippen LogP contribution is 2.45. The van der Waals surface area contributed by atoms with Crippen molar-refractivity contribution < 1.29 is 38.7 Å². The van der Waals surface area contributed by atoms with Crippen LogP contribution in [0, 0.1) is 0 Å². The summed E-state index contributed by atoms with van der Waals surface area (Å²) in [4.78, 5) is 0. The van der Waals surface area contributed by atoms with Crippen LogP contribution < -0.4 is 0 Å². The fourth-order valence-electron chi connectivity index (χ4n) is 5.23. The van der Waals surface area contributed by atoms with Gasteiger partial charge in [-0.15, -0.1) is 0 Å². The lowest BCUT2D eigenvalue weighted by Crippen LogP contribution is -1.91. The van der Waals surface area contributed by atoms with E-state index in [0.29, 0.717) is 0 Å². The fraction of sp³-hybridized carbons (Fsp3) is 0.